The first-order valence-corrected chi connectivity index (χ1v) is 7.90. The monoisotopic (exact) mass is 271 g/mol. The highest BCUT2D eigenvalue weighted by Crippen LogP contribution is 2.30. The van der Waals surface area contributed by atoms with Gasteiger partial charge in [-0.05, 0) is 20.9 Å². The van der Waals surface area contributed by atoms with Crippen molar-refractivity contribution in [2.45, 2.75) is 31.7 Å². The molecule has 1 aromatic rings. The lowest BCUT2D eigenvalue weighted by Crippen LogP contribution is -2.42. The minimum absolute atomic E-state index is 0.391. The molecule has 17 heavy (non-hydrogen) atoms. The lowest BCUT2D eigenvalue weighted by molar-refractivity contribution is 0.250. The first-order valence-electron chi connectivity index (χ1n) is 6.03. The van der Waals surface area contributed by atoms with Gasteiger partial charge in [-0.15, -0.1) is 11.3 Å². The molecule has 0 saturated carbocycles. The van der Waals surface area contributed by atoms with Crippen molar-refractivity contribution >= 4 is 23.1 Å². The zero-order valence-electron chi connectivity index (χ0n) is 10.8. The molecule has 0 aromatic carbocycles. The molecule has 0 unspecified atom stereocenters. The van der Waals surface area contributed by atoms with E-state index in [1.807, 2.05) is 7.05 Å². The molecule has 3 nitrogen and oxygen atoms in total. The maximum atomic E-state index is 4.65. The number of aromatic nitrogens is 1. The molecule has 2 rings (SSSR count). The zero-order valence-corrected chi connectivity index (χ0v) is 12.5. The SMILES string of the molecule is CNCc1nc(CN2CCSC(C)(C)C2)cs1. The summed E-state index contributed by atoms with van der Waals surface area (Å²) in [6.07, 6.45) is 0. The lowest BCUT2D eigenvalue weighted by Gasteiger charge is -2.37. The molecule has 1 aromatic heterocycles. The van der Waals surface area contributed by atoms with E-state index in [-0.39, 0.29) is 0 Å². The van der Waals surface area contributed by atoms with Gasteiger partial charge in [0.25, 0.3) is 0 Å². The van der Waals surface area contributed by atoms with Crippen LogP contribution < -0.4 is 5.32 Å². The van der Waals surface area contributed by atoms with E-state index in [0.29, 0.717) is 4.75 Å². The van der Waals surface area contributed by atoms with Crippen LogP contribution in [0.15, 0.2) is 5.38 Å². The minimum atomic E-state index is 0.391. The van der Waals surface area contributed by atoms with Gasteiger partial charge in [0.15, 0.2) is 0 Å². The maximum Gasteiger partial charge on any atom is 0.107 e. The van der Waals surface area contributed by atoms with Gasteiger partial charge in [0.1, 0.15) is 5.01 Å². The van der Waals surface area contributed by atoms with Crippen LogP contribution in [0.25, 0.3) is 0 Å². The molecule has 5 heteroatoms. The van der Waals surface area contributed by atoms with Crippen LogP contribution in [0.5, 0.6) is 0 Å². The smallest absolute Gasteiger partial charge is 0.107 e. The summed E-state index contributed by atoms with van der Waals surface area (Å²) >= 11 is 3.84. The van der Waals surface area contributed by atoms with Crippen LogP contribution in [0.3, 0.4) is 0 Å². The Kier molecular flexibility index (Phi) is 4.47. The Morgan fingerprint density at radius 1 is 1.53 bits per heavy atom. The molecular formula is C12H21N3S2. The van der Waals surface area contributed by atoms with Gasteiger partial charge in [-0.1, -0.05) is 0 Å². The summed E-state index contributed by atoms with van der Waals surface area (Å²) < 4.78 is 0.391. The van der Waals surface area contributed by atoms with Crippen molar-refractivity contribution in [2.24, 2.45) is 0 Å². The van der Waals surface area contributed by atoms with E-state index < -0.39 is 0 Å². The number of rotatable bonds is 4. The summed E-state index contributed by atoms with van der Waals surface area (Å²) in [7, 11) is 1.96. The molecule has 0 radical (unpaired) electrons. The maximum absolute atomic E-state index is 4.65. The van der Waals surface area contributed by atoms with Crippen LogP contribution in [-0.2, 0) is 13.1 Å². The van der Waals surface area contributed by atoms with Gasteiger partial charge in [-0.25, -0.2) is 4.98 Å². The Morgan fingerprint density at radius 3 is 3.06 bits per heavy atom. The average Bonchev–Trinajstić information content (AvgIpc) is 2.64. The fourth-order valence-corrected chi connectivity index (χ4v) is 4.11. The van der Waals surface area contributed by atoms with Gasteiger partial charge in [0.05, 0.1) is 5.69 Å². The largest absolute Gasteiger partial charge is 0.314 e. The third-order valence-electron chi connectivity index (χ3n) is 2.82. The third-order valence-corrected chi connectivity index (χ3v) is 5.01. The molecule has 0 spiro atoms. The molecule has 1 fully saturated rings. The van der Waals surface area contributed by atoms with Gasteiger partial charge in [0.2, 0.25) is 0 Å². The zero-order chi connectivity index (χ0) is 12.3. The summed E-state index contributed by atoms with van der Waals surface area (Å²) in [5, 5.41) is 6.53. The Balaban J connectivity index is 1.91. The number of hydrogen-bond acceptors (Lipinski definition) is 5. The van der Waals surface area contributed by atoms with Crippen molar-refractivity contribution < 1.29 is 0 Å². The Hall–Kier alpha value is -0.100. The number of nitrogens with one attached hydrogen (secondary N) is 1. The molecule has 1 aliphatic heterocycles. The minimum Gasteiger partial charge on any atom is -0.314 e. The van der Waals surface area contributed by atoms with Crippen LogP contribution in [0.1, 0.15) is 24.5 Å². The highest BCUT2D eigenvalue weighted by molar-refractivity contribution is 8.00. The Bertz CT molecular complexity index is 362. The number of thiazole rings is 1. The summed E-state index contributed by atoms with van der Waals surface area (Å²) in [4.78, 5) is 7.17. The molecule has 1 saturated heterocycles. The predicted octanol–water partition coefficient (Wildman–Crippen LogP) is 2.19. The highest BCUT2D eigenvalue weighted by atomic mass is 32.2. The van der Waals surface area contributed by atoms with Crippen molar-refractivity contribution in [2.75, 3.05) is 25.9 Å². The highest BCUT2D eigenvalue weighted by Gasteiger charge is 2.27. The Labute approximate surface area is 112 Å². The second-order valence-corrected chi connectivity index (χ2v) is 7.83. The molecule has 0 aliphatic carbocycles. The van der Waals surface area contributed by atoms with Gasteiger partial charge >= 0.3 is 0 Å². The van der Waals surface area contributed by atoms with Gasteiger partial charge in [-0.2, -0.15) is 11.8 Å². The van der Waals surface area contributed by atoms with E-state index in [1.165, 1.54) is 23.0 Å². The molecule has 2 heterocycles. The van der Waals surface area contributed by atoms with E-state index in [4.69, 9.17) is 0 Å². The normalized spacial score (nSPS) is 20.6. The fourth-order valence-electron chi connectivity index (χ4n) is 2.13. The third kappa shape index (κ3) is 3.95. The standard InChI is InChI=1S/C12H21N3S2/c1-12(2)9-15(4-5-17-12)7-10-8-16-11(14-10)6-13-3/h8,13H,4-7,9H2,1-3H3. The molecule has 1 aliphatic rings. The molecule has 96 valence electrons. The van der Waals surface area contributed by atoms with Crippen molar-refractivity contribution in [3.05, 3.63) is 16.1 Å². The number of hydrogen-bond donors (Lipinski definition) is 1. The second kappa shape index (κ2) is 5.69. The summed E-state index contributed by atoms with van der Waals surface area (Å²) in [6, 6.07) is 0. The van der Waals surface area contributed by atoms with Crippen LogP contribution >= 0.6 is 23.1 Å². The van der Waals surface area contributed by atoms with E-state index in [2.05, 4.69) is 46.2 Å². The quantitative estimate of drug-likeness (QED) is 0.908. The fraction of sp³-hybridized carbons (Fsp3) is 0.750. The van der Waals surface area contributed by atoms with Gasteiger partial charge < -0.3 is 5.32 Å². The Morgan fingerprint density at radius 2 is 2.35 bits per heavy atom. The van der Waals surface area contributed by atoms with E-state index in [1.54, 1.807) is 11.3 Å². The van der Waals surface area contributed by atoms with E-state index in [0.717, 1.165) is 19.6 Å². The van der Waals surface area contributed by atoms with Gasteiger partial charge in [0, 0.05) is 42.1 Å². The predicted molar refractivity (Wildman–Crippen MR) is 76.7 cm³/mol. The van der Waals surface area contributed by atoms with Gasteiger partial charge in [-0.3, -0.25) is 4.90 Å². The lowest BCUT2D eigenvalue weighted by atomic mass is 10.2. The molecule has 0 atom stereocenters. The van der Waals surface area contributed by atoms with Crippen LogP contribution in [0.4, 0.5) is 0 Å². The van der Waals surface area contributed by atoms with Crippen molar-refractivity contribution in [1.29, 1.82) is 0 Å². The number of nitrogens with zero attached hydrogens (tertiary/aromatic N) is 2. The van der Waals surface area contributed by atoms with E-state index >= 15 is 0 Å². The van der Waals surface area contributed by atoms with Crippen molar-refractivity contribution in [1.82, 2.24) is 15.2 Å². The summed E-state index contributed by atoms with van der Waals surface area (Å²) in [5.41, 5.74) is 1.22. The summed E-state index contributed by atoms with van der Waals surface area (Å²) in [6.45, 7) is 8.90. The van der Waals surface area contributed by atoms with E-state index in [9.17, 15) is 0 Å². The first kappa shape index (κ1) is 13.3. The van der Waals surface area contributed by atoms with Crippen LogP contribution in [0.2, 0.25) is 0 Å². The van der Waals surface area contributed by atoms with Crippen LogP contribution in [0, 0.1) is 0 Å². The average molecular weight is 271 g/mol. The van der Waals surface area contributed by atoms with Crippen molar-refractivity contribution in [3.63, 3.8) is 0 Å². The van der Waals surface area contributed by atoms with Crippen molar-refractivity contribution in [3.8, 4) is 0 Å². The first-order chi connectivity index (χ1) is 8.09. The molecule has 1 N–H and O–H groups in total. The topological polar surface area (TPSA) is 28.2 Å². The summed E-state index contributed by atoms with van der Waals surface area (Å²) in [5.74, 6) is 1.24. The van der Waals surface area contributed by atoms with Crippen LogP contribution in [-0.4, -0.2) is 40.5 Å². The second-order valence-electron chi connectivity index (χ2n) is 5.08. The number of thioether (sulfide) groups is 1. The molecule has 0 bridgehead atoms. The molecule has 0 amide bonds. The molecular weight excluding hydrogens is 250 g/mol.